The number of amides is 3. The molecule has 7 N–H and O–H groups in total. The first-order chi connectivity index (χ1) is 11.2. The van der Waals surface area contributed by atoms with Crippen LogP contribution < -0.4 is 21.7 Å². The van der Waals surface area contributed by atoms with Crippen LogP contribution in [0.15, 0.2) is 0 Å². The van der Waals surface area contributed by atoms with Gasteiger partial charge in [0, 0.05) is 12.2 Å². The van der Waals surface area contributed by atoms with Crippen LogP contribution >= 0.6 is 12.6 Å². The summed E-state index contributed by atoms with van der Waals surface area (Å²) in [5.74, 6) is -4.57. The molecule has 136 valence electrons. The Morgan fingerprint density at radius 1 is 0.958 bits per heavy atom. The molecule has 0 aromatic carbocycles. The third kappa shape index (κ3) is 9.63. The van der Waals surface area contributed by atoms with Crippen LogP contribution in [0, 0.1) is 0 Å². The molecule has 0 radical (unpaired) electrons. The van der Waals surface area contributed by atoms with Gasteiger partial charge in [-0.25, -0.2) is 0 Å². The second-order valence-electron chi connectivity index (χ2n) is 4.67. The number of thiol groups is 1. The summed E-state index contributed by atoms with van der Waals surface area (Å²) in [5.41, 5.74) is 5.51. The molecule has 0 saturated carbocycles. The minimum absolute atomic E-state index is 0.0834. The van der Waals surface area contributed by atoms with Crippen LogP contribution in [0.2, 0.25) is 0 Å². The quantitative estimate of drug-likeness (QED) is 0.188. The molecule has 3 amide bonds. The Morgan fingerprint density at radius 3 is 2.08 bits per heavy atom. The van der Waals surface area contributed by atoms with Crippen LogP contribution in [-0.2, 0) is 24.0 Å². The number of rotatable bonds is 11. The van der Waals surface area contributed by atoms with Gasteiger partial charge in [0.2, 0.25) is 17.7 Å². The first-order valence-electron chi connectivity index (χ1n) is 6.82. The highest BCUT2D eigenvalue weighted by Crippen LogP contribution is 1.97. The van der Waals surface area contributed by atoms with Gasteiger partial charge in [0.25, 0.3) is 0 Å². The first-order valence-corrected chi connectivity index (χ1v) is 7.45. The van der Waals surface area contributed by atoms with E-state index < -0.39 is 54.8 Å². The summed E-state index contributed by atoms with van der Waals surface area (Å²) in [5, 5.41) is 23.5. The van der Waals surface area contributed by atoms with Crippen molar-refractivity contribution < 1.29 is 34.2 Å². The second kappa shape index (κ2) is 11.2. The summed E-state index contributed by atoms with van der Waals surface area (Å²) < 4.78 is 0. The molecular formula is C12H20N4O7S. The van der Waals surface area contributed by atoms with Crippen LogP contribution in [0.3, 0.4) is 0 Å². The van der Waals surface area contributed by atoms with Gasteiger partial charge in [0.05, 0.1) is 12.6 Å². The Morgan fingerprint density at radius 2 is 1.58 bits per heavy atom. The smallest absolute Gasteiger partial charge is 0.322 e. The van der Waals surface area contributed by atoms with Gasteiger partial charge in [-0.1, -0.05) is 0 Å². The van der Waals surface area contributed by atoms with E-state index in [9.17, 15) is 24.0 Å². The number of carboxylic acid groups (broad SMARTS) is 2. The van der Waals surface area contributed by atoms with Gasteiger partial charge in [-0.05, 0) is 6.42 Å². The summed E-state index contributed by atoms with van der Waals surface area (Å²) in [6.07, 6.45) is -0.393. The van der Waals surface area contributed by atoms with E-state index in [-0.39, 0.29) is 18.6 Å². The molecule has 0 aliphatic heterocycles. The molecule has 0 spiro atoms. The average molecular weight is 364 g/mol. The van der Waals surface area contributed by atoms with Crippen LogP contribution in [0.25, 0.3) is 0 Å². The van der Waals surface area contributed by atoms with Crippen molar-refractivity contribution in [2.75, 3.05) is 18.8 Å². The fourth-order valence-electron chi connectivity index (χ4n) is 1.41. The van der Waals surface area contributed by atoms with Crippen LogP contribution in [0.1, 0.15) is 12.8 Å². The molecule has 11 nitrogen and oxygen atoms in total. The molecule has 0 aromatic rings. The molecule has 0 rings (SSSR count). The average Bonchev–Trinajstić information content (AvgIpc) is 2.52. The fraction of sp³-hybridized carbons (Fsp3) is 0.583. The number of carbonyl (C=O) groups is 5. The molecule has 0 aliphatic carbocycles. The summed E-state index contributed by atoms with van der Waals surface area (Å²) in [4.78, 5) is 55.6. The number of nitrogens with two attached hydrogens (primary N) is 1. The number of carbonyl (C=O) groups excluding carboxylic acids is 3. The lowest BCUT2D eigenvalue weighted by Gasteiger charge is -2.18. The van der Waals surface area contributed by atoms with Crippen LogP contribution in [0.4, 0.5) is 0 Å². The third-order valence-corrected chi connectivity index (χ3v) is 3.05. The normalized spacial score (nSPS) is 12.6. The fourth-order valence-corrected chi connectivity index (χ4v) is 1.67. The zero-order valence-corrected chi connectivity index (χ0v) is 13.5. The van der Waals surface area contributed by atoms with E-state index in [1.807, 2.05) is 5.32 Å². The van der Waals surface area contributed by atoms with Crippen molar-refractivity contribution in [2.45, 2.75) is 24.9 Å². The summed E-state index contributed by atoms with van der Waals surface area (Å²) in [7, 11) is 0. The minimum atomic E-state index is -1.23. The first kappa shape index (κ1) is 21.7. The van der Waals surface area contributed by atoms with E-state index in [1.54, 1.807) is 0 Å². The molecule has 0 heterocycles. The van der Waals surface area contributed by atoms with Gasteiger partial charge in [-0.3, -0.25) is 24.0 Å². The lowest BCUT2D eigenvalue weighted by molar-refractivity contribution is -0.138. The molecule has 12 heteroatoms. The van der Waals surface area contributed by atoms with Gasteiger partial charge >= 0.3 is 11.9 Å². The van der Waals surface area contributed by atoms with Crippen LogP contribution in [-0.4, -0.2) is 70.8 Å². The SMILES string of the molecule is NC(CCC(=O)O)C(=O)NC(CS)C(=O)NCC(=O)NCC(=O)O. The van der Waals surface area contributed by atoms with Crippen LogP contribution in [0.5, 0.6) is 0 Å². The maximum atomic E-state index is 11.8. The van der Waals surface area contributed by atoms with E-state index in [1.165, 1.54) is 0 Å². The number of hydrogen-bond donors (Lipinski definition) is 7. The number of hydrogen-bond acceptors (Lipinski definition) is 7. The Kier molecular flexibility index (Phi) is 10.1. The predicted molar refractivity (Wildman–Crippen MR) is 84.3 cm³/mol. The monoisotopic (exact) mass is 364 g/mol. The number of nitrogens with one attached hydrogen (secondary N) is 3. The van der Waals surface area contributed by atoms with Crippen molar-refractivity contribution in [2.24, 2.45) is 5.73 Å². The van der Waals surface area contributed by atoms with E-state index in [0.717, 1.165) is 0 Å². The minimum Gasteiger partial charge on any atom is -0.481 e. The Bertz CT molecular complexity index is 500. The molecule has 2 unspecified atom stereocenters. The van der Waals surface area contributed by atoms with Gasteiger partial charge in [0.1, 0.15) is 12.6 Å². The number of aliphatic carboxylic acids is 2. The van der Waals surface area contributed by atoms with Crippen molar-refractivity contribution in [1.82, 2.24) is 16.0 Å². The molecular weight excluding hydrogens is 344 g/mol. The van der Waals surface area contributed by atoms with Crippen molar-refractivity contribution in [3.8, 4) is 0 Å². The molecule has 0 aliphatic rings. The molecule has 0 saturated heterocycles. The highest BCUT2D eigenvalue weighted by Gasteiger charge is 2.23. The highest BCUT2D eigenvalue weighted by molar-refractivity contribution is 7.80. The Balaban J connectivity index is 4.33. The van der Waals surface area contributed by atoms with Crippen molar-refractivity contribution >= 4 is 42.3 Å². The second-order valence-corrected chi connectivity index (χ2v) is 5.04. The zero-order chi connectivity index (χ0) is 18.7. The largest absolute Gasteiger partial charge is 0.481 e. The summed E-state index contributed by atoms with van der Waals surface area (Å²) in [6.45, 7) is -1.06. The van der Waals surface area contributed by atoms with Crippen molar-refractivity contribution in [1.29, 1.82) is 0 Å². The maximum Gasteiger partial charge on any atom is 0.322 e. The van der Waals surface area contributed by atoms with Gasteiger partial charge in [0.15, 0.2) is 0 Å². The standard InChI is InChI=1S/C12H20N4O7S/c13-6(1-2-9(18)19)11(22)16-7(5-24)12(23)15-3-8(17)14-4-10(20)21/h6-7,24H,1-5,13H2,(H,14,17)(H,15,23)(H,16,22)(H,18,19)(H,20,21). The molecule has 0 aromatic heterocycles. The number of carboxylic acids is 2. The molecule has 0 bridgehead atoms. The van der Waals surface area contributed by atoms with E-state index in [0.29, 0.717) is 0 Å². The van der Waals surface area contributed by atoms with Crippen molar-refractivity contribution in [3.05, 3.63) is 0 Å². The van der Waals surface area contributed by atoms with Crippen molar-refractivity contribution in [3.63, 3.8) is 0 Å². The zero-order valence-electron chi connectivity index (χ0n) is 12.7. The van der Waals surface area contributed by atoms with Gasteiger partial charge < -0.3 is 31.9 Å². The Hall–Kier alpha value is -2.34. The third-order valence-electron chi connectivity index (χ3n) is 2.68. The molecule has 0 fully saturated rings. The topological polar surface area (TPSA) is 188 Å². The Labute approximate surface area is 142 Å². The summed E-state index contributed by atoms with van der Waals surface area (Å²) >= 11 is 3.91. The predicted octanol–water partition coefficient (Wildman–Crippen LogP) is -3.09. The molecule has 2 atom stereocenters. The van der Waals surface area contributed by atoms with E-state index in [2.05, 4.69) is 23.3 Å². The van der Waals surface area contributed by atoms with E-state index in [4.69, 9.17) is 15.9 Å². The van der Waals surface area contributed by atoms with Gasteiger partial charge in [-0.2, -0.15) is 12.6 Å². The van der Waals surface area contributed by atoms with E-state index >= 15 is 0 Å². The maximum absolute atomic E-state index is 11.8. The van der Waals surface area contributed by atoms with Gasteiger partial charge in [-0.15, -0.1) is 0 Å². The molecule has 24 heavy (non-hydrogen) atoms. The highest BCUT2D eigenvalue weighted by atomic mass is 32.1. The lowest BCUT2D eigenvalue weighted by atomic mass is 10.1. The lowest BCUT2D eigenvalue weighted by Crippen LogP contribution is -2.53. The summed E-state index contributed by atoms with van der Waals surface area (Å²) in [6, 6.07) is -2.18.